The Balaban J connectivity index is 3.14. The molecule has 1 unspecified atom stereocenters. The van der Waals surface area contributed by atoms with Crippen molar-refractivity contribution in [3.8, 4) is 0 Å². The largest absolute Gasteiger partial charge is 0.481 e. The molecule has 0 bridgehead atoms. The molecule has 0 aliphatic carbocycles. The number of carbonyl (C=O) groups is 1. The van der Waals surface area contributed by atoms with Crippen molar-refractivity contribution in [2.45, 2.75) is 154 Å². The Morgan fingerprint density at radius 2 is 0.893 bits per heavy atom. The van der Waals surface area contributed by atoms with Crippen molar-refractivity contribution < 1.29 is 15.0 Å². The van der Waals surface area contributed by atoms with Crippen LogP contribution in [0.15, 0.2) is 0 Å². The van der Waals surface area contributed by atoms with Crippen LogP contribution in [-0.2, 0) is 4.79 Å². The maximum atomic E-state index is 10.4. The van der Waals surface area contributed by atoms with Crippen LogP contribution in [0.25, 0.3) is 0 Å². The number of rotatable bonds is 23. The van der Waals surface area contributed by atoms with E-state index in [1.807, 2.05) is 0 Å². The monoisotopic (exact) mass is 398 g/mol. The predicted molar refractivity (Wildman–Crippen MR) is 121 cm³/mol. The van der Waals surface area contributed by atoms with Gasteiger partial charge in [-0.2, -0.15) is 0 Å². The third kappa shape index (κ3) is 23.5. The van der Waals surface area contributed by atoms with Gasteiger partial charge in [-0.1, -0.05) is 122 Å². The lowest BCUT2D eigenvalue weighted by Gasteiger charge is -2.10. The van der Waals surface area contributed by atoms with Gasteiger partial charge in [0.05, 0.1) is 6.10 Å². The SMILES string of the molecule is CCCCCCCCCCC(O)CCCCCCCCCCCCCC(=O)O. The van der Waals surface area contributed by atoms with Gasteiger partial charge in [0.25, 0.3) is 0 Å². The molecule has 0 saturated heterocycles. The van der Waals surface area contributed by atoms with E-state index in [0.29, 0.717) is 6.42 Å². The third-order valence-corrected chi connectivity index (χ3v) is 5.82. The molecule has 0 aromatic carbocycles. The highest BCUT2D eigenvalue weighted by molar-refractivity contribution is 5.66. The van der Waals surface area contributed by atoms with E-state index in [-0.39, 0.29) is 6.10 Å². The Morgan fingerprint density at radius 1 is 0.571 bits per heavy atom. The highest BCUT2D eigenvalue weighted by Gasteiger charge is 2.04. The molecule has 0 rings (SSSR count). The summed E-state index contributed by atoms with van der Waals surface area (Å²) in [6.07, 6.45) is 26.3. The number of carboxylic acids is 1. The van der Waals surface area contributed by atoms with Gasteiger partial charge < -0.3 is 10.2 Å². The molecule has 3 nitrogen and oxygen atoms in total. The minimum absolute atomic E-state index is 0.0683. The number of aliphatic hydroxyl groups excluding tert-OH is 1. The molecular formula is C25H50O3. The molecule has 0 aromatic rings. The van der Waals surface area contributed by atoms with E-state index in [9.17, 15) is 9.90 Å². The molecule has 0 saturated carbocycles. The molecule has 168 valence electrons. The van der Waals surface area contributed by atoms with Gasteiger partial charge in [0.15, 0.2) is 0 Å². The van der Waals surface area contributed by atoms with Gasteiger partial charge in [-0.05, 0) is 19.3 Å². The Labute approximate surface area is 175 Å². The number of aliphatic carboxylic acids is 1. The lowest BCUT2D eigenvalue weighted by atomic mass is 10.0. The average Bonchev–Trinajstić information content (AvgIpc) is 2.67. The van der Waals surface area contributed by atoms with Crippen molar-refractivity contribution in [1.82, 2.24) is 0 Å². The predicted octanol–water partition coefficient (Wildman–Crippen LogP) is 8.03. The molecule has 0 radical (unpaired) electrons. The summed E-state index contributed by atoms with van der Waals surface area (Å²) in [7, 11) is 0. The molecule has 3 heteroatoms. The second-order valence-corrected chi connectivity index (χ2v) is 8.74. The van der Waals surface area contributed by atoms with Crippen LogP contribution in [0.1, 0.15) is 148 Å². The normalized spacial score (nSPS) is 12.4. The van der Waals surface area contributed by atoms with Gasteiger partial charge in [0.1, 0.15) is 0 Å². The van der Waals surface area contributed by atoms with Crippen molar-refractivity contribution in [1.29, 1.82) is 0 Å². The zero-order valence-corrected chi connectivity index (χ0v) is 18.9. The van der Waals surface area contributed by atoms with Crippen molar-refractivity contribution in [3.05, 3.63) is 0 Å². The van der Waals surface area contributed by atoms with Crippen molar-refractivity contribution in [2.24, 2.45) is 0 Å². The summed E-state index contributed by atoms with van der Waals surface area (Å²) in [4.78, 5) is 10.4. The lowest BCUT2D eigenvalue weighted by molar-refractivity contribution is -0.137. The van der Waals surface area contributed by atoms with Gasteiger partial charge in [0, 0.05) is 6.42 Å². The van der Waals surface area contributed by atoms with Crippen LogP contribution in [0, 0.1) is 0 Å². The average molecular weight is 399 g/mol. The van der Waals surface area contributed by atoms with Gasteiger partial charge in [0.2, 0.25) is 0 Å². The number of carboxylic acid groups (broad SMARTS) is 1. The van der Waals surface area contributed by atoms with Crippen LogP contribution in [0.3, 0.4) is 0 Å². The van der Waals surface area contributed by atoms with Gasteiger partial charge in [-0.15, -0.1) is 0 Å². The Bertz CT molecular complexity index is 317. The quantitative estimate of drug-likeness (QED) is 0.171. The van der Waals surface area contributed by atoms with Crippen LogP contribution >= 0.6 is 0 Å². The first kappa shape index (κ1) is 27.4. The van der Waals surface area contributed by atoms with Crippen molar-refractivity contribution in [3.63, 3.8) is 0 Å². The van der Waals surface area contributed by atoms with E-state index in [2.05, 4.69) is 6.92 Å². The second kappa shape index (κ2) is 22.7. The Kier molecular flexibility index (Phi) is 22.3. The summed E-state index contributed by atoms with van der Waals surface area (Å²) >= 11 is 0. The topological polar surface area (TPSA) is 57.5 Å². The second-order valence-electron chi connectivity index (χ2n) is 8.74. The summed E-state index contributed by atoms with van der Waals surface area (Å²) < 4.78 is 0. The van der Waals surface area contributed by atoms with E-state index in [0.717, 1.165) is 25.7 Å². The lowest BCUT2D eigenvalue weighted by Crippen LogP contribution is -2.05. The van der Waals surface area contributed by atoms with Gasteiger partial charge >= 0.3 is 5.97 Å². The van der Waals surface area contributed by atoms with Crippen molar-refractivity contribution in [2.75, 3.05) is 0 Å². The molecule has 0 heterocycles. The van der Waals surface area contributed by atoms with Crippen LogP contribution in [0.2, 0.25) is 0 Å². The number of unbranched alkanes of at least 4 members (excludes halogenated alkanes) is 17. The molecule has 0 aliphatic heterocycles. The summed E-state index contributed by atoms with van der Waals surface area (Å²) in [6, 6.07) is 0. The maximum Gasteiger partial charge on any atom is 0.303 e. The van der Waals surface area contributed by atoms with E-state index < -0.39 is 5.97 Å². The molecule has 2 N–H and O–H groups in total. The fourth-order valence-corrected chi connectivity index (χ4v) is 3.91. The summed E-state index contributed by atoms with van der Waals surface area (Å²) in [5.41, 5.74) is 0. The maximum absolute atomic E-state index is 10.4. The van der Waals surface area contributed by atoms with Crippen LogP contribution in [0.4, 0.5) is 0 Å². The third-order valence-electron chi connectivity index (χ3n) is 5.82. The summed E-state index contributed by atoms with van der Waals surface area (Å²) in [5.74, 6) is -0.666. The molecular weight excluding hydrogens is 348 g/mol. The zero-order chi connectivity index (χ0) is 20.7. The highest BCUT2D eigenvalue weighted by Crippen LogP contribution is 2.15. The molecule has 28 heavy (non-hydrogen) atoms. The minimum Gasteiger partial charge on any atom is -0.481 e. The van der Waals surface area contributed by atoms with E-state index >= 15 is 0 Å². The number of hydrogen-bond donors (Lipinski definition) is 2. The van der Waals surface area contributed by atoms with E-state index in [1.54, 1.807) is 0 Å². The van der Waals surface area contributed by atoms with Gasteiger partial charge in [-0.25, -0.2) is 0 Å². The summed E-state index contributed by atoms with van der Waals surface area (Å²) in [5, 5.41) is 18.7. The van der Waals surface area contributed by atoms with Crippen molar-refractivity contribution >= 4 is 5.97 Å². The van der Waals surface area contributed by atoms with E-state index in [1.165, 1.54) is 109 Å². The van der Waals surface area contributed by atoms with Gasteiger partial charge in [-0.3, -0.25) is 4.79 Å². The zero-order valence-electron chi connectivity index (χ0n) is 18.9. The van der Waals surface area contributed by atoms with Crippen LogP contribution in [-0.4, -0.2) is 22.3 Å². The Morgan fingerprint density at radius 3 is 1.25 bits per heavy atom. The Hall–Kier alpha value is -0.570. The number of aliphatic hydroxyl groups is 1. The molecule has 1 atom stereocenters. The highest BCUT2D eigenvalue weighted by atomic mass is 16.4. The molecule has 0 aliphatic rings. The van der Waals surface area contributed by atoms with Crippen LogP contribution < -0.4 is 0 Å². The number of hydrogen-bond acceptors (Lipinski definition) is 2. The first-order chi connectivity index (χ1) is 13.7. The standard InChI is InChI=1S/C25H50O3/c1-2-3-4-5-6-12-15-18-21-24(26)22-19-16-13-10-8-7-9-11-14-17-20-23-25(27)28/h24,26H,2-23H2,1H3,(H,27,28). The minimum atomic E-state index is -0.666. The van der Waals surface area contributed by atoms with Crippen LogP contribution in [0.5, 0.6) is 0 Å². The molecule has 0 fully saturated rings. The molecule has 0 amide bonds. The van der Waals surface area contributed by atoms with E-state index in [4.69, 9.17) is 5.11 Å². The summed E-state index contributed by atoms with van der Waals surface area (Å²) in [6.45, 7) is 2.26. The molecule has 0 spiro atoms. The smallest absolute Gasteiger partial charge is 0.303 e. The first-order valence-electron chi connectivity index (χ1n) is 12.6. The fourth-order valence-electron chi connectivity index (χ4n) is 3.91. The first-order valence-corrected chi connectivity index (χ1v) is 12.6. The molecule has 0 aromatic heterocycles. The fraction of sp³-hybridized carbons (Fsp3) is 0.960.